The van der Waals surface area contributed by atoms with Crippen molar-refractivity contribution in [3.8, 4) is 0 Å². The lowest BCUT2D eigenvalue weighted by atomic mass is 9.80. The van der Waals surface area contributed by atoms with Gasteiger partial charge < -0.3 is 10.2 Å². The van der Waals surface area contributed by atoms with E-state index in [0.717, 1.165) is 32.1 Å². The normalized spacial score (nSPS) is 44.4. The maximum atomic E-state index is 10.8. The summed E-state index contributed by atoms with van der Waals surface area (Å²) in [6, 6.07) is 0. The number of aliphatic carboxylic acids is 1. The molecular weight excluding hydrogens is 168 g/mol. The Morgan fingerprint density at radius 2 is 1.77 bits per heavy atom. The van der Waals surface area contributed by atoms with Gasteiger partial charge in [0.05, 0.1) is 12.0 Å². The Morgan fingerprint density at radius 1 is 1.08 bits per heavy atom. The molecule has 0 saturated heterocycles. The fraction of sp³-hybridized carbons (Fsp3) is 0.900. The molecule has 0 aliphatic heterocycles. The highest BCUT2D eigenvalue weighted by molar-refractivity contribution is 5.70. The summed E-state index contributed by atoms with van der Waals surface area (Å²) in [7, 11) is 0. The molecule has 0 spiro atoms. The number of aliphatic hydroxyl groups excluding tert-OH is 1. The van der Waals surface area contributed by atoms with Crippen molar-refractivity contribution >= 4 is 5.97 Å². The van der Waals surface area contributed by atoms with Crippen molar-refractivity contribution in [2.45, 2.75) is 38.2 Å². The predicted octanol–water partition coefficient (Wildman–Crippen LogP) is 1.26. The molecule has 2 aliphatic rings. The monoisotopic (exact) mass is 184 g/mol. The minimum Gasteiger partial charge on any atom is -0.481 e. The third kappa shape index (κ3) is 1.70. The minimum atomic E-state index is -0.649. The maximum Gasteiger partial charge on any atom is 0.306 e. The van der Waals surface area contributed by atoms with Crippen LogP contribution in [0.15, 0.2) is 0 Å². The van der Waals surface area contributed by atoms with Crippen LogP contribution in [0.2, 0.25) is 0 Å². The van der Waals surface area contributed by atoms with Crippen molar-refractivity contribution in [1.29, 1.82) is 0 Å². The second-order valence-electron chi connectivity index (χ2n) is 4.49. The van der Waals surface area contributed by atoms with Gasteiger partial charge in [-0.2, -0.15) is 0 Å². The van der Waals surface area contributed by atoms with Crippen LogP contribution in [0.5, 0.6) is 0 Å². The molecule has 2 rings (SSSR count). The first-order valence-corrected chi connectivity index (χ1v) is 5.07. The van der Waals surface area contributed by atoms with Gasteiger partial charge in [0.2, 0.25) is 0 Å². The number of fused-ring (bicyclic) bond motifs is 1. The van der Waals surface area contributed by atoms with Crippen LogP contribution in [0.3, 0.4) is 0 Å². The number of hydrogen-bond donors (Lipinski definition) is 2. The van der Waals surface area contributed by atoms with Crippen LogP contribution in [0.4, 0.5) is 0 Å². The zero-order chi connectivity index (χ0) is 9.42. The molecule has 0 heterocycles. The highest BCUT2D eigenvalue weighted by atomic mass is 16.4. The first-order chi connectivity index (χ1) is 6.16. The molecule has 3 heteroatoms. The van der Waals surface area contributed by atoms with Gasteiger partial charge in [-0.3, -0.25) is 4.79 Å². The standard InChI is InChI=1S/C10H16O3/c11-9-2-1-6-3-8(10(12)13)4-7(6)5-9/h6-9,11H,1-5H2,(H,12,13)/t6-,7+,8+,9-/m1/s1. The van der Waals surface area contributed by atoms with E-state index >= 15 is 0 Å². The molecule has 0 unspecified atom stereocenters. The molecule has 2 aliphatic carbocycles. The van der Waals surface area contributed by atoms with Gasteiger partial charge in [-0.1, -0.05) is 0 Å². The van der Waals surface area contributed by atoms with E-state index in [1.54, 1.807) is 0 Å². The Bertz CT molecular complexity index is 214. The van der Waals surface area contributed by atoms with Crippen LogP contribution < -0.4 is 0 Å². The van der Waals surface area contributed by atoms with Gasteiger partial charge in [0.1, 0.15) is 0 Å². The second kappa shape index (κ2) is 3.29. The van der Waals surface area contributed by atoms with Crippen molar-refractivity contribution < 1.29 is 15.0 Å². The van der Waals surface area contributed by atoms with E-state index in [2.05, 4.69) is 0 Å². The molecule has 4 atom stereocenters. The average molecular weight is 184 g/mol. The van der Waals surface area contributed by atoms with Crippen LogP contribution in [0.1, 0.15) is 32.1 Å². The summed E-state index contributed by atoms with van der Waals surface area (Å²) < 4.78 is 0. The van der Waals surface area contributed by atoms with Crippen molar-refractivity contribution in [1.82, 2.24) is 0 Å². The van der Waals surface area contributed by atoms with E-state index < -0.39 is 5.97 Å². The van der Waals surface area contributed by atoms with E-state index in [-0.39, 0.29) is 12.0 Å². The van der Waals surface area contributed by atoms with Gasteiger partial charge in [-0.25, -0.2) is 0 Å². The number of carbonyl (C=O) groups is 1. The third-order valence-corrected chi connectivity index (χ3v) is 3.64. The van der Waals surface area contributed by atoms with Crippen molar-refractivity contribution in [2.75, 3.05) is 0 Å². The molecule has 2 saturated carbocycles. The van der Waals surface area contributed by atoms with Gasteiger partial charge >= 0.3 is 5.97 Å². The number of hydrogen-bond acceptors (Lipinski definition) is 2. The average Bonchev–Trinajstić information content (AvgIpc) is 2.46. The molecule has 74 valence electrons. The number of carboxylic acid groups (broad SMARTS) is 1. The largest absolute Gasteiger partial charge is 0.481 e. The molecule has 2 fully saturated rings. The van der Waals surface area contributed by atoms with E-state index in [0.29, 0.717) is 11.8 Å². The summed E-state index contributed by atoms with van der Waals surface area (Å²) in [5.74, 6) is 0.263. The molecule has 0 radical (unpaired) electrons. The Morgan fingerprint density at radius 3 is 2.46 bits per heavy atom. The number of rotatable bonds is 1. The summed E-state index contributed by atoms with van der Waals surface area (Å²) in [6.45, 7) is 0. The lowest BCUT2D eigenvalue weighted by Crippen LogP contribution is -2.23. The summed E-state index contributed by atoms with van der Waals surface area (Å²) in [5, 5.41) is 18.3. The smallest absolute Gasteiger partial charge is 0.306 e. The Hall–Kier alpha value is -0.570. The highest BCUT2D eigenvalue weighted by Crippen LogP contribution is 2.45. The number of aliphatic hydroxyl groups is 1. The highest BCUT2D eigenvalue weighted by Gasteiger charge is 2.40. The molecule has 13 heavy (non-hydrogen) atoms. The van der Waals surface area contributed by atoms with Crippen LogP contribution in [0.25, 0.3) is 0 Å². The first-order valence-electron chi connectivity index (χ1n) is 5.07. The van der Waals surface area contributed by atoms with E-state index in [4.69, 9.17) is 5.11 Å². The zero-order valence-corrected chi connectivity index (χ0v) is 7.65. The molecule has 0 bridgehead atoms. The van der Waals surface area contributed by atoms with E-state index in [9.17, 15) is 9.90 Å². The van der Waals surface area contributed by atoms with Crippen molar-refractivity contribution in [2.24, 2.45) is 17.8 Å². The van der Waals surface area contributed by atoms with Gasteiger partial charge in [-0.05, 0) is 43.9 Å². The fourth-order valence-electron chi connectivity index (χ4n) is 2.93. The lowest BCUT2D eigenvalue weighted by Gasteiger charge is -2.28. The zero-order valence-electron chi connectivity index (χ0n) is 7.65. The third-order valence-electron chi connectivity index (χ3n) is 3.64. The molecule has 0 aromatic carbocycles. The Kier molecular flexibility index (Phi) is 2.28. The van der Waals surface area contributed by atoms with Crippen LogP contribution in [-0.2, 0) is 4.79 Å². The maximum absolute atomic E-state index is 10.8. The minimum absolute atomic E-state index is 0.139. The molecule has 0 amide bonds. The summed E-state index contributed by atoms with van der Waals surface area (Å²) in [6.07, 6.45) is 4.18. The van der Waals surface area contributed by atoms with Crippen LogP contribution in [0, 0.1) is 17.8 Å². The SMILES string of the molecule is O=C(O)[C@H]1C[C@H]2CC[C@@H](O)C[C@@H]2C1. The summed E-state index contributed by atoms with van der Waals surface area (Å²) in [4.78, 5) is 10.8. The van der Waals surface area contributed by atoms with Gasteiger partial charge in [0.25, 0.3) is 0 Å². The fourth-order valence-corrected chi connectivity index (χ4v) is 2.93. The molecular formula is C10H16O3. The molecule has 2 N–H and O–H groups in total. The van der Waals surface area contributed by atoms with Crippen molar-refractivity contribution in [3.05, 3.63) is 0 Å². The first kappa shape index (κ1) is 9.00. The second-order valence-corrected chi connectivity index (χ2v) is 4.49. The molecule has 3 nitrogen and oxygen atoms in total. The molecule has 0 aromatic rings. The van der Waals surface area contributed by atoms with E-state index in [1.807, 2.05) is 0 Å². The van der Waals surface area contributed by atoms with Crippen LogP contribution in [-0.4, -0.2) is 22.3 Å². The topological polar surface area (TPSA) is 57.5 Å². The predicted molar refractivity (Wildman–Crippen MR) is 47.2 cm³/mol. The number of carboxylic acids is 1. The molecule has 0 aromatic heterocycles. The quantitative estimate of drug-likeness (QED) is 0.645. The van der Waals surface area contributed by atoms with Gasteiger partial charge in [0.15, 0.2) is 0 Å². The van der Waals surface area contributed by atoms with Gasteiger partial charge in [0, 0.05) is 0 Å². The summed E-state index contributed by atoms with van der Waals surface area (Å²) >= 11 is 0. The Labute approximate surface area is 77.8 Å². The van der Waals surface area contributed by atoms with Gasteiger partial charge in [-0.15, -0.1) is 0 Å². The Balaban J connectivity index is 1.98. The summed E-state index contributed by atoms with van der Waals surface area (Å²) in [5.41, 5.74) is 0. The lowest BCUT2D eigenvalue weighted by molar-refractivity contribution is -0.141. The van der Waals surface area contributed by atoms with E-state index in [1.165, 1.54) is 0 Å². The van der Waals surface area contributed by atoms with Crippen LogP contribution >= 0.6 is 0 Å². The van der Waals surface area contributed by atoms with Crippen molar-refractivity contribution in [3.63, 3.8) is 0 Å².